The van der Waals surface area contributed by atoms with Crippen molar-refractivity contribution in [2.24, 2.45) is 0 Å². The molecule has 0 radical (unpaired) electrons. The maximum Gasteiger partial charge on any atom is 0.231 e. The van der Waals surface area contributed by atoms with Crippen molar-refractivity contribution in [1.29, 1.82) is 0 Å². The number of nitrogens with zero attached hydrogens (tertiary/aromatic N) is 2. The van der Waals surface area contributed by atoms with Gasteiger partial charge in [0, 0.05) is 0 Å². The summed E-state index contributed by atoms with van der Waals surface area (Å²) in [5, 5.41) is 0.698. The molecule has 6 heteroatoms. The topological polar surface area (TPSA) is 79.5 Å². The zero-order valence-electron chi connectivity index (χ0n) is 8.56. The molecule has 3 rings (SSSR count). The van der Waals surface area contributed by atoms with Crippen LogP contribution in [0.5, 0.6) is 17.2 Å². The van der Waals surface area contributed by atoms with Gasteiger partial charge in [0.1, 0.15) is 17.7 Å². The summed E-state index contributed by atoms with van der Waals surface area (Å²) in [7, 11) is 1.55. The summed E-state index contributed by atoms with van der Waals surface area (Å²) in [6.45, 7) is 0.176. The monoisotopic (exact) mass is 219 g/mol. The molecule has 0 atom stereocenters. The van der Waals surface area contributed by atoms with Crippen molar-refractivity contribution in [3.8, 4) is 17.2 Å². The fraction of sp³-hybridized carbons (Fsp3) is 0.200. The maximum absolute atomic E-state index is 5.77. The smallest absolute Gasteiger partial charge is 0.231 e. The first-order valence-corrected chi connectivity index (χ1v) is 4.68. The molecule has 0 amide bonds. The molecule has 0 bridgehead atoms. The van der Waals surface area contributed by atoms with E-state index in [1.54, 1.807) is 13.2 Å². The van der Waals surface area contributed by atoms with Crippen molar-refractivity contribution in [2.75, 3.05) is 19.6 Å². The number of nitrogens with two attached hydrogens (primary N) is 1. The average Bonchev–Trinajstić information content (AvgIpc) is 2.75. The van der Waals surface area contributed by atoms with Crippen molar-refractivity contribution in [2.45, 2.75) is 0 Å². The van der Waals surface area contributed by atoms with E-state index in [2.05, 4.69) is 9.97 Å². The van der Waals surface area contributed by atoms with Crippen LogP contribution < -0.4 is 19.9 Å². The third-order valence-electron chi connectivity index (χ3n) is 2.46. The van der Waals surface area contributed by atoms with E-state index in [1.807, 2.05) is 0 Å². The molecule has 1 aliphatic heterocycles. The zero-order chi connectivity index (χ0) is 11.1. The summed E-state index contributed by atoms with van der Waals surface area (Å²) in [6.07, 6.45) is 1.39. The van der Waals surface area contributed by atoms with Gasteiger partial charge in [-0.1, -0.05) is 0 Å². The van der Waals surface area contributed by atoms with Gasteiger partial charge in [0.2, 0.25) is 12.5 Å². The molecule has 82 valence electrons. The molecule has 16 heavy (non-hydrogen) atoms. The first kappa shape index (κ1) is 9.02. The van der Waals surface area contributed by atoms with E-state index >= 15 is 0 Å². The number of hydrogen-bond donors (Lipinski definition) is 1. The van der Waals surface area contributed by atoms with Crippen LogP contribution in [0.25, 0.3) is 10.9 Å². The number of benzene rings is 1. The van der Waals surface area contributed by atoms with E-state index < -0.39 is 0 Å². The number of fused-ring (bicyclic) bond motifs is 2. The molecule has 2 aromatic rings. The van der Waals surface area contributed by atoms with Crippen molar-refractivity contribution in [1.82, 2.24) is 9.97 Å². The summed E-state index contributed by atoms with van der Waals surface area (Å²) in [5.41, 5.74) is 6.40. The van der Waals surface area contributed by atoms with Crippen LogP contribution >= 0.6 is 0 Å². The molecule has 1 aliphatic rings. The lowest BCUT2D eigenvalue weighted by molar-refractivity contribution is 0.171. The van der Waals surface area contributed by atoms with E-state index in [4.69, 9.17) is 19.9 Å². The number of aromatic nitrogens is 2. The third-order valence-corrected chi connectivity index (χ3v) is 2.46. The van der Waals surface area contributed by atoms with Gasteiger partial charge in [-0.05, 0) is 6.07 Å². The maximum atomic E-state index is 5.77. The minimum absolute atomic E-state index is 0.176. The molecule has 0 saturated heterocycles. The summed E-state index contributed by atoms with van der Waals surface area (Å²) >= 11 is 0. The summed E-state index contributed by atoms with van der Waals surface area (Å²) in [6, 6.07) is 1.76. The van der Waals surface area contributed by atoms with Gasteiger partial charge in [0.15, 0.2) is 11.5 Å². The third kappa shape index (κ3) is 1.06. The van der Waals surface area contributed by atoms with Crippen LogP contribution in [0.1, 0.15) is 0 Å². The molecule has 0 spiro atoms. The molecule has 2 heterocycles. The van der Waals surface area contributed by atoms with E-state index in [-0.39, 0.29) is 6.79 Å². The van der Waals surface area contributed by atoms with Crippen molar-refractivity contribution in [3.05, 3.63) is 12.4 Å². The largest absolute Gasteiger partial charge is 0.491 e. The second kappa shape index (κ2) is 3.13. The van der Waals surface area contributed by atoms with Crippen LogP contribution in [0.4, 0.5) is 5.82 Å². The van der Waals surface area contributed by atoms with Gasteiger partial charge in [0.05, 0.1) is 12.5 Å². The number of nitrogen functional groups attached to an aromatic ring is 1. The molecular formula is C10H9N3O3. The van der Waals surface area contributed by atoms with Crippen LogP contribution in [0, 0.1) is 0 Å². The number of hydrogen-bond acceptors (Lipinski definition) is 6. The SMILES string of the molecule is COc1c2c(cc3c(N)ncnc13)OCO2. The predicted molar refractivity (Wildman–Crippen MR) is 56.6 cm³/mol. The Morgan fingerprint density at radius 1 is 1.38 bits per heavy atom. The summed E-state index contributed by atoms with van der Waals surface area (Å²) in [5.74, 6) is 2.08. The summed E-state index contributed by atoms with van der Waals surface area (Å²) in [4.78, 5) is 8.06. The van der Waals surface area contributed by atoms with Gasteiger partial charge in [-0.3, -0.25) is 0 Å². The minimum Gasteiger partial charge on any atom is -0.491 e. The second-order valence-electron chi connectivity index (χ2n) is 3.30. The van der Waals surface area contributed by atoms with Crippen LogP contribution in [-0.2, 0) is 0 Å². The first-order valence-electron chi connectivity index (χ1n) is 4.68. The van der Waals surface area contributed by atoms with Crippen molar-refractivity contribution >= 4 is 16.7 Å². The van der Waals surface area contributed by atoms with Crippen LogP contribution in [-0.4, -0.2) is 23.9 Å². The highest BCUT2D eigenvalue weighted by Crippen LogP contribution is 2.45. The molecule has 1 aromatic carbocycles. The van der Waals surface area contributed by atoms with E-state index in [1.165, 1.54) is 6.33 Å². The number of anilines is 1. The Balaban J connectivity index is 2.44. The molecule has 6 nitrogen and oxygen atoms in total. The fourth-order valence-electron chi connectivity index (χ4n) is 1.73. The van der Waals surface area contributed by atoms with Crippen LogP contribution in [0.15, 0.2) is 12.4 Å². The summed E-state index contributed by atoms with van der Waals surface area (Å²) < 4.78 is 15.9. The number of methoxy groups -OCH3 is 1. The Kier molecular flexibility index (Phi) is 1.76. The normalized spacial score (nSPS) is 13.1. The lowest BCUT2D eigenvalue weighted by Gasteiger charge is -2.08. The zero-order valence-corrected chi connectivity index (χ0v) is 8.56. The van der Waals surface area contributed by atoms with Gasteiger partial charge in [0.25, 0.3) is 0 Å². The molecule has 1 aromatic heterocycles. The van der Waals surface area contributed by atoms with E-state index in [9.17, 15) is 0 Å². The molecule has 0 unspecified atom stereocenters. The van der Waals surface area contributed by atoms with Gasteiger partial charge >= 0.3 is 0 Å². The number of ether oxygens (including phenoxy) is 3. The van der Waals surface area contributed by atoms with Gasteiger partial charge < -0.3 is 19.9 Å². The molecular weight excluding hydrogens is 210 g/mol. The quantitative estimate of drug-likeness (QED) is 0.769. The van der Waals surface area contributed by atoms with Gasteiger partial charge in [-0.15, -0.1) is 0 Å². The highest BCUT2D eigenvalue weighted by molar-refractivity contribution is 5.96. The Hall–Kier alpha value is -2.24. The lowest BCUT2D eigenvalue weighted by Crippen LogP contribution is -1.96. The first-order chi connectivity index (χ1) is 7.81. The fourth-order valence-corrected chi connectivity index (χ4v) is 1.73. The Morgan fingerprint density at radius 2 is 2.25 bits per heavy atom. The Labute approximate surface area is 91.0 Å². The average molecular weight is 219 g/mol. The molecule has 0 saturated carbocycles. The van der Waals surface area contributed by atoms with Crippen molar-refractivity contribution in [3.63, 3.8) is 0 Å². The van der Waals surface area contributed by atoms with Gasteiger partial charge in [-0.25, -0.2) is 9.97 Å². The molecule has 0 aliphatic carbocycles. The van der Waals surface area contributed by atoms with Crippen LogP contribution in [0.2, 0.25) is 0 Å². The number of rotatable bonds is 1. The molecule has 2 N–H and O–H groups in total. The Bertz CT molecular complexity index is 571. The molecule has 0 fully saturated rings. The Morgan fingerprint density at radius 3 is 3.06 bits per heavy atom. The lowest BCUT2D eigenvalue weighted by atomic mass is 10.2. The van der Waals surface area contributed by atoms with Crippen LogP contribution in [0.3, 0.4) is 0 Å². The van der Waals surface area contributed by atoms with Crippen molar-refractivity contribution < 1.29 is 14.2 Å². The van der Waals surface area contributed by atoms with E-state index in [0.717, 1.165) is 0 Å². The second-order valence-corrected chi connectivity index (χ2v) is 3.30. The van der Waals surface area contributed by atoms with Gasteiger partial charge in [-0.2, -0.15) is 0 Å². The highest BCUT2D eigenvalue weighted by Gasteiger charge is 2.23. The highest BCUT2D eigenvalue weighted by atomic mass is 16.7. The standard InChI is InChI=1S/C10H9N3O3/c1-14-9-7-5(10(11)13-3-12-7)2-6-8(9)16-4-15-6/h2-3H,4H2,1H3,(H2,11,12,13). The van der Waals surface area contributed by atoms with E-state index in [0.29, 0.717) is 34.0 Å². The minimum atomic E-state index is 0.176. The predicted octanol–water partition coefficient (Wildman–Crippen LogP) is 0.949.